The smallest absolute Gasteiger partial charge is 0.407 e. The molecular formula is C26H43N5O12. The second-order valence-electron chi connectivity index (χ2n) is 11.1. The third-order valence-corrected chi connectivity index (χ3v) is 7.99. The van der Waals surface area contributed by atoms with E-state index in [4.69, 9.17) is 46.6 Å². The van der Waals surface area contributed by atoms with Crippen molar-refractivity contribution in [1.29, 1.82) is 0 Å². The van der Waals surface area contributed by atoms with Crippen LogP contribution in [-0.2, 0) is 30.3 Å². The lowest BCUT2D eigenvalue weighted by Crippen LogP contribution is -2.69. The lowest BCUT2D eigenvalue weighted by atomic mass is 9.84. The number of rotatable bonds is 9. The van der Waals surface area contributed by atoms with Gasteiger partial charge in [-0.3, -0.25) is 0 Å². The van der Waals surface area contributed by atoms with E-state index in [0.717, 1.165) is 5.56 Å². The first kappa shape index (κ1) is 33.8. The average molecular weight is 618 g/mol. The van der Waals surface area contributed by atoms with Crippen molar-refractivity contribution >= 4 is 6.09 Å². The summed E-state index contributed by atoms with van der Waals surface area (Å²) in [7, 11) is 0. The molecule has 17 nitrogen and oxygen atoms in total. The molecule has 1 saturated carbocycles. The van der Waals surface area contributed by atoms with Crippen LogP contribution in [-0.4, -0.2) is 142 Å². The van der Waals surface area contributed by atoms with Crippen molar-refractivity contribution in [2.45, 2.75) is 105 Å². The molecule has 3 aliphatic rings. The molecule has 2 heterocycles. The molecule has 0 unspecified atom stereocenters. The fraction of sp³-hybridized carbons (Fsp3) is 0.731. The summed E-state index contributed by atoms with van der Waals surface area (Å²) in [5, 5.41) is 64.8. The Kier molecular flexibility index (Phi) is 11.6. The van der Waals surface area contributed by atoms with E-state index in [1.165, 1.54) is 0 Å². The molecule has 1 aliphatic carbocycles. The first-order chi connectivity index (χ1) is 20.4. The third-order valence-electron chi connectivity index (χ3n) is 7.99. The molecule has 4 rings (SSSR count). The van der Waals surface area contributed by atoms with Gasteiger partial charge in [-0.05, 0) is 12.0 Å². The number of carbonyl (C=O) groups is 1. The van der Waals surface area contributed by atoms with Crippen LogP contribution in [0.15, 0.2) is 30.3 Å². The minimum atomic E-state index is -1.54. The highest BCUT2D eigenvalue weighted by molar-refractivity contribution is 5.67. The lowest BCUT2D eigenvalue weighted by Gasteiger charge is -2.48. The number of ether oxygens (including phenoxy) is 5. The number of aliphatic hydroxyl groups excluding tert-OH is 6. The van der Waals surface area contributed by atoms with Gasteiger partial charge in [-0.1, -0.05) is 30.3 Å². The predicted molar refractivity (Wildman–Crippen MR) is 145 cm³/mol. The van der Waals surface area contributed by atoms with Gasteiger partial charge < -0.3 is 82.6 Å². The van der Waals surface area contributed by atoms with Crippen LogP contribution < -0.4 is 28.3 Å². The Hall–Kier alpha value is -2.07. The third kappa shape index (κ3) is 7.78. The van der Waals surface area contributed by atoms with Gasteiger partial charge in [0.25, 0.3) is 0 Å². The van der Waals surface area contributed by atoms with Crippen molar-refractivity contribution in [3.8, 4) is 0 Å². The summed E-state index contributed by atoms with van der Waals surface area (Å²) in [6.07, 6.45) is -15.8. The molecule has 0 bridgehead atoms. The zero-order chi connectivity index (χ0) is 31.4. The predicted octanol–water partition coefficient (Wildman–Crippen LogP) is -5.36. The molecule has 0 aromatic heterocycles. The van der Waals surface area contributed by atoms with Crippen LogP contribution in [0.4, 0.5) is 4.79 Å². The number of alkyl carbamates (subject to hydrolysis) is 1. The van der Waals surface area contributed by atoms with Gasteiger partial charge in [-0.25, -0.2) is 4.79 Å². The average Bonchev–Trinajstić information content (AvgIpc) is 2.99. The summed E-state index contributed by atoms with van der Waals surface area (Å²) in [5.74, 6) is 0. The van der Waals surface area contributed by atoms with Crippen molar-refractivity contribution in [1.82, 2.24) is 5.32 Å². The topological polar surface area (TPSA) is 301 Å². The molecule has 15 atom stereocenters. The van der Waals surface area contributed by atoms with E-state index in [-0.39, 0.29) is 19.6 Å². The molecule has 15 N–H and O–H groups in total. The van der Waals surface area contributed by atoms with Gasteiger partial charge in [-0.2, -0.15) is 0 Å². The van der Waals surface area contributed by atoms with Crippen molar-refractivity contribution in [2.75, 3.05) is 13.2 Å². The SMILES string of the molecule is N[C@@H]1[C@@H](O)[C@@H](O[C@@H]2[C@@H](O)[C@H](O[C@H]3O[C@H](CNC(=O)OCc4ccccc4)[C@@H](O)[C@H](O)[C@H]3N)[C@@H](N)C[C@H]2N)O[C@H](CO)[C@H]1O. The number of hydrogen-bond donors (Lipinski definition) is 11. The zero-order valence-electron chi connectivity index (χ0n) is 23.3. The van der Waals surface area contributed by atoms with Gasteiger partial charge in [0.2, 0.25) is 0 Å². The summed E-state index contributed by atoms with van der Waals surface area (Å²) >= 11 is 0. The van der Waals surface area contributed by atoms with Gasteiger partial charge in [0.15, 0.2) is 12.6 Å². The van der Waals surface area contributed by atoms with E-state index in [2.05, 4.69) is 5.32 Å². The van der Waals surface area contributed by atoms with Crippen LogP contribution in [0.3, 0.4) is 0 Å². The Bertz CT molecular complexity index is 1030. The standard InChI is InChI=1S/C26H43N5O12/c27-11-6-12(28)23(43-25-20(36)15(29)17(33)14(8-32)41-25)21(37)22(11)42-24-16(30)19(35)18(34)13(40-24)7-31-26(38)39-9-10-4-2-1-3-5-10/h1-5,11-25,32-37H,6-9,27-30H2,(H,31,38)/t11-,12+,13+,14+,15-,16+,17+,18+,19+,20+,21-,22+,23-,24+,25+/m0/s1. The first-order valence-corrected chi connectivity index (χ1v) is 14.0. The van der Waals surface area contributed by atoms with Crippen LogP contribution in [0.1, 0.15) is 12.0 Å². The second kappa shape index (κ2) is 14.8. The quantitative estimate of drug-likeness (QED) is 0.123. The molecule has 0 radical (unpaired) electrons. The highest BCUT2D eigenvalue weighted by Crippen LogP contribution is 2.31. The van der Waals surface area contributed by atoms with E-state index >= 15 is 0 Å². The summed E-state index contributed by atoms with van der Waals surface area (Å²) in [6, 6.07) is 4.77. The molecule has 2 aliphatic heterocycles. The van der Waals surface area contributed by atoms with Gasteiger partial charge >= 0.3 is 6.09 Å². The number of nitrogens with one attached hydrogen (secondary N) is 1. The lowest BCUT2D eigenvalue weighted by molar-refractivity contribution is -0.319. The molecule has 1 aromatic carbocycles. The number of carbonyl (C=O) groups excluding carboxylic acids is 1. The maximum Gasteiger partial charge on any atom is 0.407 e. The summed E-state index contributed by atoms with van der Waals surface area (Å²) in [4.78, 5) is 12.2. The molecule has 1 aromatic rings. The number of benzene rings is 1. The zero-order valence-corrected chi connectivity index (χ0v) is 23.3. The Morgan fingerprint density at radius 3 is 2.02 bits per heavy atom. The van der Waals surface area contributed by atoms with Gasteiger partial charge in [0, 0.05) is 18.6 Å². The van der Waals surface area contributed by atoms with Crippen LogP contribution in [0.2, 0.25) is 0 Å². The van der Waals surface area contributed by atoms with Crippen LogP contribution in [0.25, 0.3) is 0 Å². The van der Waals surface area contributed by atoms with Crippen molar-refractivity contribution in [3.05, 3.63) is 35.9 Å². The van der Waals surface area contributed by atoms with Crippen LogP contribution in [0.5, 0.6) is 0 Å². The highest BCUT2D eigenvalue weighted by atomic mass is 16.7. The normalized spacial score (nSPS) is 43.6. The number of aliphatic hydroxyl groups is 6. The van der Waals surface area contributed by atoms with Crippen molar-refractivity contribution < 1.29 is 59.1 Å². The molecule has 43 heavy (non-hydrogen) atoms. The van der Waals surface area contributed by atoms with Crippen LogP contribution in [0, 0.1) is 0 Å². The molecule has 3 fully saturated rings. The molecule has 244 valence electrons. The maximum absolute atomic E-state index is 12.2. The Morgan fingerprint density at radius 1 is 0.791 bits per heavy atom. The van der Waals surface area contributed by atoms with E-state index in [1.807, 2.05) is 6.07 Å². The van der Waals surface area contributed by atoms with Crippen molar-refractivity contribution in [2.24, 2.45) is 22.9 Å². The number of hydrogen-bond acceptors (Lipinski definition) is 16. The monoisotopic (exact) mass is 617 g/mol. The van der Waals surface area contributed by atoms with Gasteiger partial charge in [-0.15, -0.1) is 0 Å². The highest BCUT2D eigenvalue weighted by Gasteiger charge is 2.51. The minimum Gasteiger partial charge on any atom is -0.445 e. The van der Waals surface area contributed by atoms with Gasteiger partial charge in [0.1, 0.15) is 61.5 Å². The Morgan fingerprint density at radius 2 is 1.40 bits per heavy atom. The van der Waals surface area contributed by atoms with Gasteiger partial charge in [0.05, 0.1) is 18.7 Å². The summed E-state index contributed by atoms with van der Waals surface area (Å²) in [5.41, 5.74) is 25.1. The largest absolute Gasteiger partial charge is 0.445 e. The summed E-state index contributed by atoms with van der Waals surface area (Å²) in [6.45, 7) is -0.870. The molecule has 1 amide bonds. The molecule has 17 heteroatoms. The number of amides is 1. The van der Waals surface area contributed by atoms with E-state index in [1.54, 1.807) is 24.3 Å². The van der Waals surface area contributed by atoms with Crippen LogP contribution >= 0.6 is 0 Å². The molecule has 2 saturated heterocycles. The summed E-state index contributed by atoms with van der Waals surface area (Å²) < 4.78 is 28.1. The van der Waals surface area contributed by atoms with E-state index in [9.17, 15) is 35.4 Å². The molecular weight excluding hydrogens is 574 g/mol. The maximum atomic E-state index is 12.2. The Labute approximate surface area is 247 Å². The number of nitrogens with two attached hydrogens (primary N) is 4. The first-order valence-electron chi connectivity index (χ1n) is 14.0. The fourth-order valence-electron chi connectivity index (χ4n) is 5.38. The molecule has 0 spiro atoms. The van der Waals surface area contributed by atoms with Crippen molar-refractivity contribution in [3.63, 3.8) is 0 Å². The van der Waals surface area contributed by atoms with E-state index in [0.29, 0.717) is 0 Å². The Balaban J connectivity index is 1.37. The minimum absolute atomic E-state index is 0.0128. The van der Waals surface area contributed by atoms with E-state index < -0.39 is 104 Å². The fourth-order valence-corrected chi connectivity index (χ4v) is 5.38. The second-order valence-corrected chi connectivity index (χ2v) is 11.1.